The molecule has 0 amide bonds. The van der Waals surface area contributed by atoms with Gasteiger partial charge in [0.05, 0.1) is 11.3 Å². The molecule has 0 saturated heterocycles. The van der Waals surface area contributed by atoms with E-state index in [4.69, 9.17) is 10.8 Å². The van der Waals surface area contributed by atoms with Crippen molar-refractivity contribution in [2.75, 3.05) is 5.32 Å². The summed E-state index contributed by atoms with van der Waals surface area (Å²) >= 11 is 0. The van der Waals surface area contributed by atoms with E-state index in [9.17, 15) is 4.79 Å². The Hall–Kier alpha value is -2.33. The Labute approximate surface area is 105 Å². The first kappa shape index (κ1) is 12.1. The summed E-state index contributed by atoms with van der Waals surface area (Å²) in [7, 11) is 0. The van der Waals surface area contributed by atoms with E-state index in [2.05, 4.69) is 5.32 Å². The van der Waals surface area contributed by atoms with E-state index in [1.807, 2.05) is 24.3 Å². The van der Waals surface area contributed by atoms with Crippen molar-refractivity contribution in [2.24, 2.45) is 5.73 Å². The third kappa shape index (κ3) is 2.67. The zero-order chi connectivity index (χ0) is 13.0. The SMILES string of the molecule is NCc1cccc(Nc2ccccc2C(=O)O)c1. The summed E-state index contributed by atoms with van der Waals surface area (Å²) in [5, 5.41) is 12.2. The predicted molar refractivity (Wildman–Crippen MR) is 71.0 cm³/mol. The van der Waals surface area contributed by atoms with Crippen LogP contribution >= 0.6 is 0 Å². The zero-order valence-corrected chi connectivity index (χ0v) is 9.76. The van der Waals surface area contributed by atoms with Crippen LogP contribution in [0.1, 0.15) is 15.9 Å². The fourth-order valence-electron chi connectivity index (χ4n) is 1.71. The highest BCUT2D eigenvalue weighted by Crippen LogP contribution is 2.21. The van der Waals surface area contributed by atoms with Gasteiger partial charge in [0.1, 0.15) is 0 Å². The van der Waals surface area contributed by atoms with E-state index in [0.717, 1.165) is 11.3 Å². The minimum atomic E-state index is -0.951. The summed E-state index contributed by atoms with van der Waals surface area (Å²) in [5.41, 5.74) is 8.20. The lowest BCUT2D eigenvalue weighted by Crippen LogP contribution is -2.03. The molecule has 0 aromatic heterocycles. The second-order valence-corrected chi connectivity index (χ2v) is 3.88. The van der Waals surface area contributed by atoms with E-state index in [1.54, 1.807) is 24.3 Å². The van der Waals surface area contributed by atoms with Gasteiger partial charge in [0, 0.05) is 12.2 Å². The summed E-state index contributed by atoms with van der Waals surface area (Å²) in [5.74, 6) is -0.951. The van der Waals surface area contributed by atoms with Crippen LogP contribution in [0, 0.1) is 0 Å². The van der Waals surface area contributed by atoms with Gasteiger partial charge in [-0.25, -0.2) is 4.79 Å². The lowest BCUT2D eigenvalue weighted by Gasteiger charge is -2.10. The van der Waals surface area contributed by atoms with E-state index in [-0.39, 0.29) is 5.56 Å². The third-order valence-electron chi connectivity index (χ3n) is 2.60. The monoisotopic (exact) mass is 242 g/mol. The summed E-state index contributed by atoms with van der Waals surface area (Å²) in [6, 6.07) is 14.4. The quantitative estimate of drug-likeness (QED) is 0.770. The van der Waals surface area contributed by atoms with Crippen LogP contribution < -0.4 is 11.1 Å². The number of benzene rings is 2. The van der Waals surface area contributed by atoms with Crippen LogP contribution in [0.4, 0.5) is 11.4 Å². The highest BCUT2D eigenvalue weighted by atomic mass is 16.4. The fraction of sp³-hybridized carbons (Fsp3) is 0.0714. The number of anilines is 2. The van der Waals surface area contributed by atoms with E-state index >= 15 is 0 Å². The number of nitrogens with two attached hydrogens (primary N) is 1. The molecule has 4 nitrogen and oxygen atoms in total. The molecular weight excluding hydrogens is 228 g/mol. The van der Waals surface area contributed by atoms with Gasteiger partial charge < -0.3 is 16.2 Å². The topological polar surface area (TPSA) is 75.3 Å². The van der Waals surface area contributed by atoms with Crippen LogP contribution in [0.15, 0.2) is 48.5 Å². The molecule has 0 atom stereocenters. The Kier molecular flexibility index (Phi) is 3.60. The van der Waals surface area contributed by atoms with Crippen molar-refractivity contribution in [3.05, 3.63) is 59.7 Å². The first-order valence-corrected chi connectivity index (χ1v) is 5.59. The number of carbonyl (C=O) groups is 1. The minimum Gasteiger partial charge on any atom is -0.478 e. The molecule has 0 aliphatic carbocycles. The van der Waals surface area contributed by atoms with Gasteiger partial charge in [0.15, 0.2) is 0 Å². The number of para-hydroxylation sites is 1. The zero-order valence-electron chi connectivity index (χ0n) is 9.76. The number of nitrogens with one attached hydrogen (secondary N) is 1. The van der Waals surface area contributed by atoms with Crippen LogP contribution in [0.5, 0.6) is 0 Å². The van der Waals surface area contributed by atoms with Gasteiger partial charge in [-0.05, 0) is 29.8 Å². The molecule has 0 fully saturated rings. The van der Waals surface area contributed by atoms with Crippen LogP contribution in [-0.2, 0) is 6.54 Å². The number of hydrogen-bond donors (Lipinski definition) is 3. The number of aromatic carboxylic acids is 1. The second kappa shape index (κ2) is 5.33. The van der Waals surface area contributed by atoms with Gasteiger partial charge in [0.25, 0.3) is 0 Å². The van der Waals surface area contributed by atoms with Gasteiger partial charge in [-0.15, -0.1) is 0 Å². The summed E-state index contributed by atoms with van der Waals surface area (Å²) in [4.78, 5) is 11.1. The normalized spacial score (nSPS) is 10.1. The Morgan fingerprint density at radius 1 is 1.17 bits per heavy atom. The van der Waals surface area contributed by atoms with E-state index < -0.39 is 5.97 Å². The largest absolute Gasteiger partial charge is 0.478 e. The Bertz CT molecular complexity index is 567. The molecule has 2 rings (SSSR count). The lowest BCUT2D eigenvalue weighted by atomic mass is 10.1. The average molecular weight is 242 g/mol. The van der Waals surface area contributed by atoms with Gasteiger partial charge in [-0.3, -0.25) is 0 Å². The number of carboxylic acids is 1. The minimum absolute atomic E-state index is 0.246. The molecule has 4 heteroatoms. The first-order valence-electron chi connectivity index (χ1n) is 5.59. The smallest absolute Gasteiger partial charge is 0.337 e. The maximum atomic E-state index is 11.1. The van der Waals surface area contributed by atoms with Crippen molar-refractivity contribution < 1.29 is 9.90 Å². The highest BCUT2D eigenvalue weighted by Gasteiger charge is 2.08. The standard InChI is InChI=1S/C14H14N2O2/c15-9-10-4-3-5-11(8-10)16-13-7-2-1-6-12(13)14(17)18/h1-8,16H,9,15H2,(H,17,18). The molecule has 2 aromatic rings. The van der Waals surface area contributed by atoms with Crippen molar-refractivity contribution in [2.45, 2.75) is 6.54 Å². The van der Waals surface area contributed by atoms with Crippen molar-refractivity contribution >= 4 is 17.3 Å². The number of hydrogen-bond acceptors (Lipinski definition) is 3. The maximum Gasteiger partial charge on any atom is 0.337 e. The van der Waals surface area contributed by atoms with Gasteiger partial charge in [-0.2, -0.15) is 0 Å². The Morgan fingerprint density at radius 2 is 1.94 bits per heavy atom. The van der Waals surface area contributed by atoms with Crippen LogP contribution in [0.3, 0.4) is 0 Å². The predicted octanol–water partition coefficient (Wildman–Crippen LogP) is 2.59. The van der Waals surface area contributed by atoms with Crippen molar-refractivity contribution in [3.8, 4) is 0 Å². The lowest BCUT2D eigenvalue weighted by molar-refractivity contribution is 0.0698. The third-order valence-corrected chi connectivity index (χ3v) is 2.60. The molecule has 0 bridgehead atoms. The van der Waals surface area contributed by atoms with E-state index in [1.165, 1.54) is 0 Å². The van der Waals surface area contributed by atoms with Crippen LogP contribution in [-0.4, -0.2) is 11.1 Å². The molecule has 0 radical (unpaired) electrons. The van der Waals surface area contributed by atoms with Gasteiger partial charge in [0.2, 0.25) is 0 Å². The molecule has 0 saturated carbocycles. The van der Waals surface area contributed by atoms with Crippen LogP contribution in [0.25, 0.3) is 0 Å². The molecule has 0 aliphatic heterocycles. The molecular formula is C14H14N2O2. The Balaban J connectivity index is 2.31. The average Bonchev–Trinajstić information content (AvgIpc) is 2.39. The van der Waals surface area contributed by atoms with Crippen molar-refractivity contribution in [1.82, 2.24) is 0 Å². The molecule has 0 unspecified atom stereocenters. The number of rotatable bonds is 4. The highest BCUT2D eigenvalue weighted by molar-refractivity contribution is 5.95. The first-order chi connectivity index (χ1) is 8.70. The fourth-order valence-corrected chi connectivity index (χ4v) is 1.71. The second-order valence-electron chi connectivity index (χ2n) is 3.88. The molecule has 92 valence electrons. The number of carboxylic acid groups (broad SMARTS) is 1. The van der Waals surface area contributed by atoms with Crippen molar-refractivity contribution in [1.29, 1.82) is 0 Å². The molecule has 4 N–H and O–H groups in total. The van der Waals surface area contributed by atoms with Gasteiger partial charge in [-0.1, -0.05) is 24.3 Å². The maximum absolute atomic E-state index is 11.1. The molecule has 0 aliphatic rings. The summed E-state index contributed by atoms with van der Waals surface area (Å²) < 4.78 is 0. The molecule has 0 heterocycles. The molecule has 0 spiro atoms. The van der Waals surface area contributed by atoms with E-state index in [0.29, 0.717) is 12.2 Å². The van der Waals surface area contributed by atoms with Crippen LogP contribution in [0.2, 0.25) is 0 Å². The summed E-state index contributed by atoms with van der Waals surface area (Å²) in [6.07, 6.45) is 0. The summed E-state index contributed by atoms with van der Waals surface area (Å²) in [6.45, 7) is 0.454. The van der Waals surface area contributed by atoms with Crippen molar-refractivity contribution in [3.63, 3.8) is 0 Å². The molecule has 2 aromatic carbocycles. The van der Waals surface area contributed by atoms with Gasteiger partial charge >= 0.3 is 5.97 Å². The molecule has 18 heavy (non-hydrogen) atoms. The Morgan fingerprint density at radius 3 is 2.67 bits per heavy atom.